The van der Waals surface area contributed by atoms with Crippen LogP contribution in [0.4, 0.5) is 14.4 Å². The second kappa shape index (κ2) is 77.3. The number of carbonyl (C=O) groups excluding carboxylic acids is 3. The first-order valence-electron chi connectivity index (χ1n) is 15.5. The van der Waals surface area contributed by atoms with Crippen LogP contribution in [0.25, 0.3) is 0 Å². The van der Waals surface area contributed by atoms with Gasteiger partial charge in [0.1, 0.15) is 0 Å². The monoisotopic (exact) mass is 776 g/mol. The van der Waals surface area contributed by atoms with Crippen molar-refractivity contribution in [1.82, 2.24) is 14.7 Å². The maximum Gasteiger partial charge on any atom is 0.503 e. The van der Waals surface area contributed by atoms with Crippen LogP contribution in [-0.2, 0) is 9.59 Å². The highest BCUT2D eigenvalue weighted by Gasteiger charge is 1.88. The number of rotatable bonds is 12. The van der Waals surface area contributed by atoms with Crippen LogP contribution in [0.15, 0.2) is 0 Å². The van der Waals surface area contributed by atoms with Crippen molar-refractivity contribution in [1.29, 1.82) is 0 Å². The fourth-order valence-corrected chi connectivity index (χ4v) is 1.37. The van der Waals surface area contributed by atoms with E-state index in [9.17, 15) is 0 Å². The van der Waals surface area contributed by atoms with Crippen LogP contribution in [0, 0.1) is 17.8 Å². The lowest BCUT2D eigenvalue weighted by atomic mass is 10.2. The first-order valence-corrected chi connectivity index (χ1v) is 15.5. The molecule has 0 atom stereocenters. The Kier molecular flexibility index (Phi) is 116. The predicted molar refractivity (Wildman–Crippen MR) is 189 cm³/mol. The van der Waals surface area contributed by atoms with Crippen LogP contribution in [0.5, 0.6) is 0 Å². The molecule has 21 nitrogen and oxygen atoms in total. The number of carbonyl (C=O) groups is 3. The van der Waals surface area contributed by atoms with E-state index < -0.39 is 18.5 Å². The van der Waals surface area contributed by atoms with Crippen LogP contribution in [0.3, 0.4) is 0 Å². The average molecular weight is 777 g/mol. The predicted octanol–water partition coefficient (Wildman–Crippen LogP) is -3.05. The summed E-state index contributed by atoms with van der Waals surface area (Å²) in [4.78, 5) is 47.4. The molecule has 0 saturated carbocycles. The Labute approximate surface area is 310 Å². The summed E-state index contributed by atoms with van der Waals surface area (Å²) in [5.41, 5.74) is 0. The Balaban J connectivity index is -0.0000000401. The van der Waals surface area contributed by atoms with E-state index in [1.165, 1.54) is 0 Å². The molecule has 0 heterocycles. The van der Waals surface area contributed by atoms with Crippen LogP contribution in [0.2, 0.25) is 0 Å². The van der Waals surface area contributed by atoms with Gasteiger partial charge in [0.2, 0.25) is 6.16 Å². The quantitative estimate of drug-likeness (QED) is 0.0950. The van der Waals surface area contributed by atoms with Crippen LogP contribution < -0.4 is 15.3 Å². The Morgan fingerprint density at radius 3 is 0.615 bits per heavy atom. The molecule has 0 rings (SSSR count). The number of aliphatic hydroxyl groups is 6. The summed E-state index contributed by atoms with van der Waals surface area (Å²) < 4.78 is 0. The molecule has 0 fully saturated rings. The Morgan fingerprint density at radius 2 is 0.615 bits per heavy atom. The molecule has 0 saturated heterocycles. The van der Waals surface area contributed by atoms with Crippen LogP contribution in [-0.4, -0.2) is 192 Å². The van der Waals surface area contributed by atoms with Crippen LogP contribution >= 0.6 is 0 Å². The summed E-state index contributed by atoms with van der Waals surface area (Å²) in [6.45, 7) is 16.6. The third kappa shape index (κ3) is 448. The maximum atomic E-state index is 8.56. The van der Waals surface area contributed by atoms with Gasteiger partial charge in [0.15, 0.2) is 0 Å². The zero-order valence-corrected chi connectivity index (χ0v) is 33.3. The van der Waals surface area contributed by atoms with E-state index in [1.807, 2.05) is 57.0 Å². The fraction of sp³-hybridized carbons (Fsp3) is 0.871. The Bertz CT molecular complexity index is 532. The topological polar surface area (TPSA) is 378 Å². The maximum absolute atomic E-state index is 8.56. The van der Waals surface area contributed by atoms with Gasteiger partial charge in [-0.25, -0.2) is 4.79 Å². The molecule has 21 heteroatoms. The molecule has 11 N–H and O–H groups in total. The highest BCUT2D eigenvalue weighted by molar-refractivity contribution is 5.53. The smallest absolute Gasteiger partial charge is 0.503 e. The molecule has 52 heavy (non-hydrogen) atoms. The summed E-state index contributed by atoms with van der Waals surface area (Å²) in [5.74, 6) is 1.94. The second-order valence-electron chi connectivity index (χ2n) is 11.2. The van der Waals surface area contributed by atoms with Crippen LogP contribution in [0.1, 0.15) is 60.8 Å². The number of aliphatic hydroxyl groups excluding tert-OH is 6. The van der Waals surface area contributed by atoms with Gasteiger partial charge >= 0.3 is 12.3 Å². The lowest BCUT2D eigenvalue weighted by Crippen LogP contribution is -2.37. The van der Waals surface area contributed by atoms with Gasteiger partial charge in [0.05, 0.1) is 19.8 Å². The average Bonchev–Trinajstić information content (AvgIpc) is 2.89. The van der Waals surface area contributed by atoms with E-state index >= 15 is 0 Å². The SMILES string of the molecule is CC(C)CCO.CC(C)CCO.CC(C)CCO.CN(C)CCO.CN(C)CCO.CN(C)CCO.O.O=C(O)O.O=C([O-])O.O=C([O-])[O-].O=C=O. The summed E-state index contributed by atoms with van der Waals surface area (Å²) >= 11 is 0. The van der Waals surface area contributed by atoms with E-state index in [0.29, 0.717) is 37.6 Å². The summed E-state index contributed by atoms with van der Waals surface area (Å²) in [6, 6.07) is 0. The largest absolute Gasteiger partial charge is 0.652 e. The summed E-state index contributed by atoms with van der Waals surface area (Å²) in [5, 5.41) is 95.2. The molecular weight excluding hydrogens is 702 g/mol. The van der Waals surface area contributed by atoms with Crippen molar-refractivity contribution in [3.63, 3.8) is 0 Å². The zero-order valence-electron chi connectivity index (χ0n) is 33.3. The fourth-order valence-electron chi connectivity index (χ4n) is 1.37. The second-order valence-corrected chi connectivity index (χ2v) is 11.2. The van der Waals surface area contributed by atoms with Gasteiger partial charge in [-0.15, -0.1) is 0 Å². The molecular formula is C31H74N3O18-3. The standard InChI is InChI=1S/3C5H12O.3C4H11NO.3CH2O3.CO2.H2O/c6*1-5(2)3-4-6;3*2-1(3)4;2-1-3;/h3*5-6H,3-4H2,1-2H3;3*6H,3-4H2,1-2H3;3*(H2,2,3,4);;1H2/p-3. The van der Waals surface area contributed by atoms with E-state index in [4.69, 9.17) is 85.3 Å². The number of likely N-dealkylation sites (N-methyl/N-ethyl adjacent to an activating group) is 3. The summed E-state index contributed by atoms with van der Waals surface area (Å²) in [7, 11) is 11.6. The molecule has 0 aliphatic carbocycles. The number of carboxylic acid groups (broad SMARTS) is 6. The molecule has 0 radical (unpaired) electrons. The molecule has 0 unspecified atom stereocenters. The number of hydrogen-bond acceptors (Lipinski definition) is 17. The van der Waals surface area contributed by atoms with Gasteiger partial charge in [0.25, 0.3) is 0 Å². The van der Waals surface area contributed by atoms with E-state index in [-0.39, 0.29) is 31.4 Å². The highest BCUT2D eigenvalue weighted by atomic mass is 16.6. The van der Waals surface area contributed by atoms with Crippen molar-refractivity contribution < 1.29 is 90.7 Å². The molecule has 0 aliphatic rings. The molecule has 0 aromatic heterocycles. The van der Waals surface area contributed by atoms with Gasteiger partial charge in [-0.2, -0.15) is 9.59 Å². The first kappa shape index (κ1) is 78.0. The lowest BCUT2D eigenvalue weighted by Gasteiger charge is -2.03. The van der Waals surface area contributed by atoms with Gasteiger partial charge in [-0.3, -0.25) is 0 Å². The van der Waals surface area contributed by atoms with Crippen molar-refractivity contribution in [2.24, 2.45) is 17.8 Å². The third-order valence-corrected chi connectivity index (χ3v) is 3.76. The Morgan fingerprint density at radius 1 is 0.500 bits per heavy atom. The van der Waals surface area contributed by atoms with Crippen molar-refractivity contribution in [2.75, 3.05) is 102 Å². The minimum absolute atomic E-state index is 0. The molecule has 0 spiro atoms. The molecule has 0 aromatic carbocycles. The Hall–Kier alpha value is -3.21. The van der Waals surface area contributed by atoms with Crippen molar-refractivity contribution in [2.45, 2.75) is 60.8 Å². The molecule has 324 valence electrons. The number of nitrogens with zero attached hydrogens (tertiary/aromatic N) is 3. The normalized spacial score (nSPS) is 8.46. The minimum Gasteiger partial charge on any atom is -0.652 e. The van der Waals surface area contributed by atoms with E-state index in [0.717, 1.165) is 38.9 Å². The van der Waals surface area contributed by atoms with E-state index in [1.54, 1.807) is 0 Å². The van der Waals surface area contributed by atoms with Crippen molar-refractivity contribution in [3.05, 3.63) is 0 Å². The zero-order chi connectivity index (χ0) is 43.4. The minimum atomic E-state index is -2.33. The number of hydrogen-bond donors (Lipinski definition) is 9. The van der Waals surface area contributed by atoms with Gasteiger partial charge in [-0.05, 0) is 85.5 Å². The summed E-state index contributed by atoms with van der Waals surface area (Å²) in [6.07, 6.45) is -3.21. The molecule has 0 bridgehead atoms. The van der Waals surface area contributed by atoms with Crippen molar-refractivity contribution in [3.8, 4) is 0 Å². The molecule has 0 amide bonds. The first-order chi connectivity index (χ1) is 23.2. The molecule has 0 aliphatic heterocycles. The lowest BCUT2D eigenvalue weighted by molar-refractivity contribution is -0.415. The highest BCUT2D eigenvalue weighted by Crippen LogP contribution is 1.95. The van der Waals surface area contributed by atoms with E-state index in [2.05, 4.69) is 41.5 Å². The van der Waals surface area contributed by atoms with Gasteiger partial charge in [0, 0.05) is 39.5 Å². The molecule has 0 aromatic rings. The third-order valence-electron chi connectivity index (χ3n) is 3.76. The van der Waals surface area contributed by atoms with Gasteiger partial charge in [-0.1, -0.05) is 41.5 Å². The van der Waals surface area contributed by atoms with Crippen molar-refractivity contribution >= 4 is 24.6 Å². The van der Waals surface area contributed by atoms with Gasteiger partial charge < -0.3 is 91.0 Å².